The second kappa shape index (κ2) is 10.1. The Bertz CT molecular complexity index is 1230. The van der Waals surface area contributed by atoms with Gasteiger partial charge in [0, 0.05) is 18.2 Å². The Hall–Kier alpha value is -4.22. The van der Waals surface area contributed by atoms with Crippen LogP contribution in [0.1, 0.15) is 48.0 Å². The van der Waals surface area contributed by atoms with Gasteiger partial charge in [0.05, 0.1) is 12.7 Å². The summed E-state index contributed by atoms with van der Waals surface area (Å²) in [4.78, 5) is 44.0. The lowest BCUT2D eigenvalue weighted by atomic mass is 10.1. The van der Waals surface area contributed by atoms with Crippen molar-refractivity contribution in [2.45, 2.75) is 19.4 Å². The van der Waals surface area contributed by atoms with Crippen LogP contribution >= 0.6 is 0 Å². The van der Waals surface area contributed by atoms with E-state index in [1.165, 1.54) is 43.5 Å². The highest BCUT2D eigenvalue weighted by Crippen LogP contribution is 2.17. The number of aliphatic hydroxyl groups is 2. The number of ether oxygens (including phenoxy) is 1. The third-order valence-electron chi connectivity index (χ3n) is 4.80. The first kappa shape index (κ1) is 24.4. The van der Waals surface area contributed by atoms with E-state index >= 15 is 0 Å². The molecule has 2 aromatic carbocycles. The third kappa shape index (κ3) is 5.77. The molecule has 34 heavy (non-hydrogen) atoms. The molecule has 4 N–H and O–H groups in total. The van der Waals surface area contributed by atoms with Gasteiger partial charge in [-0.1, -0.05) is 24.3 Å². The second-order valence-electron chi connectivity index (χ2n) is 7.25. The quantitative estimate of drug-likeness (QED) is 0.298. The number of hydrogen-bond donors (Lipinski definition) is 4. The second-order valence-corrected chi connectivity index (χ2v) is 7.25. The van der Waals surface area contributed by atoms with Gasteiger partial charge in [-0.15, -0.1) is 0 Å². The number of nitrogens with zero attached hydrogens (tertiary/aromatic N) is 2. The lowest BCUT2D eigenvalue weighted by Crippen LogP contribution is -2.46. The van der Waals surface area contributed by atoms with Gasteiger partial charge in [0.2, 0.25) is 0 Å². The zero-order valence-corrected chi connectivity index (χ0v) is 18.2. The summed E-state index contributed by atoms with van der Waals surface area (Å²) in [6.45, 7) is 1.70. The summed E-state index contributed by atoms with van der Waals surface area (Å²) in [6, 6.07) is 10.5. The molecule has 3 aromatic rings. The van der Waals surface area contributed by atoms with Crippen LogP contribution in [0.2, 0.25) is 0 Å². The van der Waals surface area contributed by atoms with Crippen molar-refractivity contribution in [1.82, 2.24) is 20.6 Å². The van der Waals surface area contributed by atoms with Gasteiger partial charge in [-0.25, -0.2) is 19.2 Å². The predicted molar refractivity (Wildman–Crippen MR) is 116 cm³/mol. The molecule has 0 spiro atoms. The van der Waals surface area contributed by atoms with E-state index < -0.39 is 23.7 Å². The Balaban J connectivity index is 1.67. The minimum absolute atomic E-state index is 0.101. The van der Waals surface area contributed by atoms with Gasteiger partial charge in [0.1, 0.15) is 23.5 Å². The van der Waals surface area contributed by atoms with E-state index in [0.717, 1.165) is 12.4 Å². The molecule has 0 aliphatic rings. The van der Waals surface area contributed by atoms with E-state index in [1.54, 1.807) is 13.0 Å². The van der Waals surface area contributed by atoms with Crippen LogP contribution in [0, 0.1) is 12.7 Å². The number of aromatic nitrogens is 2. The molecule has 176 valence electrons. The summed E-state index contributed by atoms with van der Waals surface area (Å²) in [5.74, 6) is -5.37. The van der Waals surface area contributed by atoms with E-state index in [4.69, 9.17) is 0 Å². The maximum atomic E-state index is 13.4. The molecule has 0 aliphatic carbocycles. The highest BCUT2D eigenvalue weighted by molar-refractivity contribution is 5.97. The number of nitrogens with one attached hydrogen (secondary N) is 2. The largest absolute Gasteiger partial charge is 0.465 e. The van der Waals surface area contributed by atoms with E-state index in [0.29, 0.717) is 11.1 Å². The van der Waals surface area contributed by atoms with Crippen LogP contribution < -0.4 is 10.6 Å². The summed E-state index contributed by atoms with van der Waals surface area (Å²) in [7, 11) is 1.21. The number of rotatable bonds is 7. The predicted octanol–water partition coefficient (Wildman–Crippen LogP) is 1.17. The number of carbonyl (C=O) groups is 3. The van der Waals surface area contributed by atoms with Crippen molar-refractivity contribution < 1.29 is 33.7 Å². The number of benzene rings is 2. The van der Waals surface area contributed by atoms with Crippen molar-refractivity contribution in [3.63, 3.8) is 0 Å². The van der Waals surface area contributed by atoms with Gasteiger partial charge in [-0.3, -0.25) is 14.9 Å². The molecule has 0 saturated carbocycles. The lowest BCUT2D eigenvalue weighted by Gasteiger charge is -2.23. The average Bonchev–Trinajstić information content (AvgIpc) is 2.84. The molecule has 2 amide bonds. The van der Waals surface area contributed by atoms with Crippen molar-refractivity contribution in [3.8, 4) is 0 Å². The Labute approximate surface area is 193 Å². The fourth-order valence-corrected chi connectivity index (χ4v) is 2.95. The van der Waals surface area contributed by atoms with Gasteiger partial charge in [-0.05, 0) is 36.2 Å². The molecular weight excluding hydrogens is 447 g/mol. The van der Waals surface area contributed by atoms with Crippen LogP contribution in [0.25, 0.3) is 0 Å². The number of halogens is 1. The van der Waals surface area contributed by atoms with Crippen LogP contribution in [0.15, 0.2) is 54.9 Å². The third-order valence-corrected chi connectivity index (χ3v) is 4.80. The Morgan fingerprint density at radius 2 is 1.65 bits per heavy atom. The van der Waals surface area contributed by atoms with Crippen molar-refractivity contribution >= 4 is 17.8 Å². The molecule has 0 saturated heterocycles. The van der Waals surface area contributed by atoms with E-state index in [9.17, 15) is 29.0 Å². The molecule has 0 fully saturated rings. The summed E-state index contributed by atoms with van der Waals surface area (Å²) < 4.78 is 17.9. The average molecular weight is 468 g/mol. The van der Waals surface area contributed by atoms with E-state index in [-0.39, 0.29) is 34.9 Å². The Morgan fingerprint density at radius 3 is 2.26 bits per heavy atom. The van der Waals surface area contributed by atoms with Crippen LogP contribution in [-0.2, 0) is 17.2 Å². The first-order chi connectivity index (χ1) is 16.1. The number of hydrogen-bond acceptors (Lipinski definition) is 8. The maximum Gasteiger partial charge on any atom is 0.337 e. The molecule has 1 heterocycles. The smallest absolute Gasteiger partial charge is 0.337 e. The topological polar surface area (TPSA) is 151 Å². The van der Waals surface area contributed by atoms with Crippen LogP contribution in [-0.4, -0.2) is 45.1 Å². The Morgan fingerprint density at radius 1 is 1.00 bits per heavy atom. The van der Waals surface area contributed by atoms with Crippen molar-refractivity contribution in [2.75, 3.05) is 7.11 Å². The normalized spacial score (nSPS) is 11.0. The number of amides is 2. The zero-order valence-electron chi connectivity index (χ0n) is 18.2. The van der Waals surface area contributed by atoms with E-state index in [2.05, 4.69) is 20.0 Å². The molecule has 1 aromatic heterocycles. The molecule has 11 heteroatoms. The highest BCUT2D eigenvalue weighted by Gasteiger charge is 2.30. The molecule has 0 aliphatic heterocycles. The van der Waals surface area contributed by atoms with Gasteiger partial charge in [0.25, 0.3) is 17.7 Å². The van der Waals surface area contributed by atoms with Gasteiger partial charge < -0.3 is 20.3 Å². The van der Waals surface area contributed by atoms with Crippen molar-refractivity contribution in [3.05, 3.63) is 94.3 Å². The standard InChI is InChI=1S/C23H21FN4O6/c1-13-9-14(3-8-17(13)24)11-25-20(29)18-10-19(27-12-26-18)21(30)28-23(32,33)16-6-4-15(5-7-16)22(31)34-2/h3-10,12,32-33H,11H2,1-2H3,(H,25,29)(H,28,30). The zero-order chi connectivity index (χ0) is 24.9. The van der Waals surface area contributed by atoms with E-state index in [1.807, 2.05) is 5.32 Å². The monoisotopic (exact) mass is 468 g/mol. The highest BCUT2D eigenvalue weighted by atomic mass is 19.1. The van der Waals surface area contributed by atoms with Gasteiger partial charge in [0.15, 0.2) is 0 Å². The number of methoxy groups -OCH3 is 1. The van der Waals surface area contributed by atoms with Crippen molar-refractivity contribution in [1.29, 1.82) is 0 Å². The van der Waals surface area contributed by atoms with Crippen molar-refractivity contribution in [2.24, 2.45) is 0 Å². The molecule has 10 nitrogen and oxygen atoms in total. The molecule has 0 unspecified atom stereocenters. The Kier molecular flexibility index (Phi) is 7.29. The minimum Gasteiger partial charge on any atom is -0.465 e. The molecule has 0 radical (unpaired) electrons. The summed E-state index contributed by atoms with van der Waals surface area (Å²) in [6.07, 6.45) is 0.980. The first-order valence-corrected chi connectivity index (χ1v) is 9.92. The number of carbonyl (C=O) groups excluding carboxylic acids is 3. The molecule has 0 bridgehead atoms. The maximum absolute atomic E-state index is 13.4. The molecule has 3 rings (SSSR count). The van der Waals surface area contributed by atoms with Gasteiger partial charge >= 0.3 is 5.97 Å². The van der Waals surface area contributed by atoms with Crippen LogP contribution in [0.3, 0.4) is 0 Å². The van der Waals surface area contributed by atoms with Gasteiger partial charge in [-0.2, -0.15) is 0 Å². The number of esters is 1. The van der Waals surface area contributed by atoms with Crippen LogP contribution in [0.5, 0.6) is 0 Å². The summed E-state index contributed by atoms with van der Waals surface area (Å²) in [5.41, 5.74) is 0.720. The number of aryl methyl sites for hydroxylation is 1. The SMILES string of the molecule is COC(=O)c1ccc(C(O)(O)NC(=O)c2cc(C(=O)NCc3ccc(F)c(C)c3)ncn2)cc1. The fourth-order valence-electron chi connectivity index (χ4n) is 2.95. The summed E-state index contributed by atoms with van der Waals surface area (Å²) >= 11 is 0. The minimum atomic E-state index is -2.79. The summed E-state index contributed by atoms with van der Waals surface area (Å²) in [5, 5.41) is 25.2. The molecular formula is C23H21FN4O6. The molecule has 0 atom stereocenters. The first-order valence-electron chi connectivity index (χ1n) is 9.92. The fraction of sp³-hybridized carbons (Fsp3) is 0.174. The lowest BCUT2D eigenvalue weighted by molar-refractivity contribution is -0.185. The van der Waals surface area contributed by atoms with Crippen LogP contribution in [0.4, 0.5) is 4.39 Å².